The van der Waals surface area contributed by atoms with E-state index in [2.05, 4.69) is 38.8 Å². The number of rotatable bonds is 8. The molecule has 8 heteroatoms. The molecule has 0 aliphatic carbocycles. The molecule has 0 spiro atoms. The third-order valence-corrected chi connectivity index (χ3v) is 11.6. The molecule has 3 aromatic rings. The van der Waals surface area contributed by atoms with Crippen molar-refractivity contribution in [2.75, 3.05) is 6.61 Å². The Balaban J connectivity index is 1.69. The second-order valence-electron chi connectivity index (χ2n) is 10.8. The molecule has 2 atom stereocenters. The van der Waals surface area contributed by atoms with Gasteiger partial charge in [0.1, 0.15) is 6.61 Å². The molecule has 2 aromatic carbocycles. The number of aromatic nitrogens is 2. The zero-order chi connectivity index (χ0) is 25.9. The molecule has 1 saturated heterocycles. The number of carbonyl (C=O) groups is 2. The number of cyclic esters (lactones) is 1. The summed E-state index contributed by atoms with van der Waals surface area (Å²) in [5.41, 5.74) is 2.75. The van der Waals surface area contributed by atoms with E-state index in [-0.39, 0.29) is 11.6 Å². The molecular formula is C28H35N3O4Si. The summed E-state index contributed by atoms with van der Waals surface area (Å²) < 4.78 is 14.0. The van der Waals surface area contributed by atoms with Crippen molar-refractivity contribution in [1.29, 1.82) is 0 Å². The van der Waals surface area contributed by atoms with Crippen LogP contribution in [-0.4, -0.2) is 47.4 Å². The van der Waals surface area contributed by atoms with Crippen molar-refractivity contribution in [2.24, 2.45) is 0 Å². The van der Waals surface area contributed by atoms with E-state index in [1.807, 2.05) is 65.2 Å². The van der Waals surface area contributed by atoms with E-state index in [4.69, 9.17) is 9.16 Å². The molecule has 1 aliphatic rings. The zero-order valence-corrected chi connectivity index (χ0v) is 22.7. The van der Waals surface area contributed by atoms with Crippen LogP contribution in [0.15, 0.2) is 73.2 Å². The van der Waals surface area contributed by atoms with Gasteiger partial charge in [0.25, 0.3) is 5.91 Å². The fourth-order valence-corrected chi connectivity index (χ4v) is 5.23. The molecule has 190 valence electrons. The Bertz CT molecular complexity index is 1190. The van der Waals surface area contributed by atoms with Gasteiger partial charge in [0.05, 0.1) is 24.3 Å². The van der Waals surface area contributed by atoms with Gasteiger partial charge in [-0.25, -0.2) is 14.7 Å². The van der Waals surface area contributed by atoms with Crippen LogP contribution in [0.1, 0.15) is 43.7 Å². The molecule has 2 amide bonds. The fraction of sp³-hybridized carbons (Fsp3) is 0.393. The number of carbonyl (C=O) groups excluding carboxylic acids is 2. The fourth-order valence-electron chi connectivity index (χ4n) is 4.06. The highest BCUT2D eigenvalue weighted by Gasteiger charge is 2.47. The molecule has 2 heterocycles. The summed E-state index contributed by atoms with van der Waals surface area (Å²) >= 11 is 0. The number of hydrogen-bond acceptors (Lipinski definition) is 5. The Morgan fingerprint density at radius 1 is 1.08 bits per heavy atom. The summed E-state index contributed by atoms with van der Waals surface area (Å²) in [6.45, 7) is 11.3. The number of amides is 2. The first-order chi connectivity index (χ1) is 17.1. The summed E-state index contributed by atoms with van der Waals surface area (Å²) in [4.78, 5) is 32.6. The molecule has 0 N–H and O–H groups in total. The number of benzene rings is 2. The molecule has 0 unspecified atom stereocenters. The van der Waals surface area contributed by atoms with Gasteiger partial charge in [-0.2, -0.15) is 0 Å². The minimum atomic E-state index is -2.41. The van der Waals surface area contributed by atoms with Crippen LogP contribution in [0.2, 0.25) is 18.1 Å². The summed E-state index contributed by atoms with van der Waals surface area (Å²) in [5, 5.41) is -0.134. The maximum atomic E-state index is 14.1. The molecule has 1 aromatic heterocycles. The van der Waals surface area contributed by atoms with Crippen molar-refractivity contribution < 1.29 is 18.8 Å². The van der Waals surface area contributed by atoms with Crippen LogP contribution in [0, 0.1) is 0 Å². The SMILES string of the molecule is CC(C)(C)[Si](C)(C)O[C@@H](C(=O)N1C(=O)OC[C@@H]1Cc1ccccc1)c1cncn1Cc1ccccc1. The number of imide groups is 1. The lowest BCUT2D eigenvalue weighted by atomic mass is 10.1. The predicted molar refractivity (Wildman–Crippen MR) is 141 cm³/mol. The van der Waals surface area contributed by atoms with Crippen LogP contribution in [0.3, 0.4) is 0 Å². The quantitative estimate of drug-likeness (QED) is 0.374. The summed E-state index contributed by atoms with van der Waals surface area (Å²) in [6.07, 6.45) is 2.31. The van der Waals surface area contributed by atoms with E-state index in [0.717, 1.165) is 11.1 Å². The minimum absolute atomic E-state index is 0.134. The van der Waals surface area contributed by atoms with Gasteiger partial charge in [-0.1, -0.05) is 81.4 Å². The van der Waals surface area contributed by atoms with Gasteiger partial charge in [-0.3, -0.25) is 4.79 Å². The van der Waals surface area contributed by atoms with Gasteiger partial charge in [0.2, 0.25) is 0 Å². The average molecular weight is 506 g/mol. The van der Waals surface area contributed by atoms with Crippen molar-refractivity contribution in [3.63, 3.8) is 0 Å². The minimum Gasteiger partial charge on any atom is -0.447 e. The van der Waals surface area contributed by atoms with Gasteiger partial charge in [0.15, 0.2) is 14.4 Å². The van der Waals surface area contributed by atoms with Gasteiger partial charge < -0.3 is 13.7 Å². The van der Waals surface area contributed by atoms with Gasteiger partial charge in [-0.15, -0.1) is 0 Å². The Morgan fingerprint density at radius 3 is 2.31 bits per heavy atom. The van der Waals surface area contributed by atoms with E-state index >= 15 is 0 Å². The molecule has 0 radical (unpaired) electrons. The van der Waals surface area contributed by atoms with E-state index in [0.29, 0.717) is 18.7 Å². The third-order valence-electron chi connectivity index (χ3n) is 7.16. The van der Waals surface area contributed by atoms with E-state index in [1.165, 1.54) is 4.90 Å². The largest absolute Gasteiger partial charge is 0.447 e. The highest BCUT2D eigenvalue weighted by Crippen LogP contribution is 2.40. The van der Waals surface area contributed by atoms with Crippen LogP contribution in [-0.2, 0) is 26.9 Å². The van der Waals surface area contributed by atoms with Crippen molar-refractivity contribution in [1.82, 2.24) is 14.5 Å². The summed E-state index contributed by atoms with van der Waals surface area (Å²) in [7, 11) is -2.41. The first kappa shape index (κ1) is 25.8. The van der Waals surface area contributed by atoms with Crippen LogP contribution in [0.4, 0.5) is 4.79 Å². The summed E-state index contributed by atoms with van der Waals surface area (Å²) in [6, 6.07) is 19.4. The monoisotopic (exact) mass is 505 g/mol. The molecular weight excluding hydrogens is 470 g/mol. The molecule has 36 heavy (non-hydrogen) atoms. The number of ether oxygens (including phenoxy) is 1. The lowest BCUT2D eigenvalue weighted by Gasteiger charge is -2.39. The van der Waals surface area contributed by atoms with Crippen LogP contribution in [0.25, 0.3) is 0 Å². The molecule has 1 fully saturated rings. The molecule has 1 aliphatic heterocycles. The van der Waals surface area contributed by atoms with Gasteiger partial charge in [0, 0.05) is 6.54 Å². The molecule has 7 nitrogen and oxygen atoms in total. The topological polar surface area (TPSA) is 73.7 Å². The molecule has 4 rings (SSSR count). The Labute approximate surface area is 214 Å². The molecule has 0 bridgehead atoms. The van der Waals surface area contributed by atoms with E-state index in [9.17, 15) is 9.59 Å². The lowest BCUT2D eigenvalue weighted by Crippen LogP contribution is -2.49. The van der Waals surface area contributed by atoms with Crippen LogP contribution in [0.5, 0.6) is 0 Å². The van der Waals surface area contributed by atoms with Crippen molar-refractivity contribution in [3.8, 4) is 0 Å². The Morgan fingerprint density at radius 2 is 1.69 bits per heavy atom. The first-order valence-corrected chi connectivity index (χ1v) is 15.2. The maximum absolute atomic E-state index is 14.1. The van der Waals surface area contributed by atoms with Crippen LogP contribution < -0.4 is 0 Å². The smallest absolute Gasteiger partial charge is 0.417 e. The summed E-state index contributed by atoms with van der Waals surface area (Å²) in [5.74, 6) is -0.405. The van der Waals surface area contributed by atoms with Crippen molar-refractivity contribution in [3.05, 3.63) is 90.0 Å². The van der Waals surface area contributed by atoms with Crippen molar-refractivity contribution >= 4 is 20.3 Å². The highest BCUT2D eigenvalue weighted by molar-refractivity contribution is 6.74. The Kier molecular flexibility index (Phi) is 7.47. The highest BCUT2D eigenvalue weighted by atomic mass is 28.4. The van der Waals surface area contributed by atoms with E-state index in [1.54, 1.807) is 12.5 Å². The number of nitrogens with zero attached hydrogens (tertiary/aromatic N) is 3. The third kappa shape index (κ3) is 5.60. The van der Waals surface area contributed by atoms with Gasteiger partial charge in [-0.05, 0) is 35.7 Å². The molecule has 0 saturated carbocycles. The number of imidazole rings is 1. The van der Waals surface area contributed by atoms with Crippen LogP contribution >= 0.6 is 0 Å². The maximum Gasteiger partial charge on any atom is 0.417 e. The Hall–Kier alpha value is -3.23. The van der Waals surface area contributed by atoms with Crippen molar-refractivity contribution in [2.45, 2.75) is 64.0 Å². The zero-order valence-electron chi connectivity index (χ0n) is 21.7. The number of hydrogen-bond donors (Lipinski definition) is 0. The second kappa shape index (κ2) is 10.4. The lowest BCUT2D eigenvalue weighted by molar-refractivity contribution is -0.137. The second-order valence-corrected chi connectivity index (χ2v) is 15.6. The normalized spacial score (nSPS) is 17.2. The predicted octanol–water partition coefficient (Wildman–Crippen LogP) is 5.58. The first-order valence-electron chi connectivity index (χ1n) is 12.3. The standard InChI is InChI=1S/C28H35N3O4Si/c1-28(2,3)36(4,5)35-25(24-17-29-20-30(24)18-22-14-10-7-11-15-22)26(32)31-23(19-34-27(31)33)16-21-12-8-6-9-13-21/h6-15,17,20,23,25H,16,18-19H2,1-5H3/t23-,25+/m0/s1. The van der Waals surface area contributed by atoms with Gasteiger partial charge >= 0.3 is 6.09 Å². The average Bonchev–Trinajstić information content (AvgIpc) is 3.44. The van der Waals surface area contributed by atoms with E-state index < -0.39 is 32.5 Å².